The second-order valence-electron chi connectivity index (χ2n) is 6.80. The van der Waals surface area contributed by atoms with E-state index in [9.17, 15) is 4.79 Å². The normalized spacial score (nSPS) is 22.6. The van der Waals surface area contributed by atoms with Crippen LogP contribution < -0.4 is 10.6 Å². The molecule has 1 saturated heterocycles. The Morgan fingerprint density at radius 3 is 2.74 bits per heavy atom. The highest BCUT2D eigenvalue weighted by Crippen LogP contribution is 2.41. The van der Waals surface area contributed by atoms with E-state index in [1.807, 2.05) is 18.2 Å². The van der Waals surface area contributed by atoms with Crippen molar-refractivity contribution in [3.63, 3.8) is 0 Å². The first-order valence-corrected chi connectivity index (χ1v) is 8.82. The molecular formula is C18H26Cl2N2O. The lowest BCUT2D eigenvalue weighted by molar-refractivity contribution is -0.130. The third kappa shape index (κ3) is 4.62. The lowest BCUT2D eigenvalue weighted by Crippen LogP contribution is -2.45. The third-order valence-corrected chi connectivity index (χ3v) is 5.38. The van der Waals surface area contributed by atoms with Gasteiger partial charge in [0.2, 0.25) is 5.91 Å². The van der Waals surface area contributed by atoms with Gasteiger partial charge < -0.3 is 10.6 Å². The summed E-state index contributed by atoms with van der Waals surface area (Å²) >= 11 is 6.09. The van der Waals surface area contributed by atoms with Gasteiger partial charge in [0, 0.05) is 17.6 Å². The molecule has 1 saturated carbocycles. The number of amides is 1. The van der Waals surface area contributed by atoms with E-state index in [4.69, 9.17) is 11.6 Å². The SMILES string of the molecule is Cl.O=C(NCC1CCCN1)C1(Cc2cccc(Cl)c2)CCCC1. The van der Waals surface area contributed by atoms with Crippen LogP contribution in [0.4, 0.5) is 0 Å². The molecule has 1 aromatic carbocycles. The molecule has 1 aliphatic heterocycles. The van der Waals surface area contributed by atoms with Gasteiger partial charge in [-0.1, -0.05) is 36.6 Å². The smallest absolute Gasteiger partial charge is 0.226 e. The molecule has 1 heterocycles. The van der Waals surface area contributed by atoms with Gasteiger partial charge in [0.15, 0.2) is 0 Å². The van der Waals surface area contributed by atoms with Crippen LogP contribution in [0.25, 0.3) is 0 Å². The Balaban J connectivity index is 0.00000192. The van der Waals surface area contributed by atoms with Crippen molar-refractivity contribution in [1.82, 2.24) is 10.6 Å². The van der Waals surface area contributed by atoms with Crippen molar-refractivity contribution >= 4 is 29.9 Å². The third-order valence-electron chi connectivity index (χ3n) is 5.15. The Morgan fingerprint density at radius 2 is 2.09 bits per heavy atom. The molecule has 2 N–H and O–H groups in total. The zero-order valence-corrected chi connectivity index (χ0v) is 15.0. The minimum absolute atomic E-state index is 0. The molecule has 2 fully saturated rings. The predicted octanol–water partition coefficient (Wildman–Crippen LogP) is 3.73. The molecule has 0 radical (unpaired) electrons. The van der Waals surface area contributed by atoms with Crippen molar-refractivity contribution in [2.24, 2.45) is 5.41 Å². The van der Waals surface area contributed by atoms with Crippen molar-refractivity contribution in [2.75, 3.05) is 13.1 Å². The molecule has 1 aliphatic carbocycles. The highest BCUT2D eigenvalue weighted by atomic mass is 35.5. The van der Waals surface area contributed by atoms with Gasteiger partial charge in [0.05, 0.1) is 5.41 Å². The first-order valence-electron chi connectivity index (χ1n) is 8.44. The molecule has 0 aromatic heterocycles. The van der Waals surface area contributed by atoms with Crippen LogP contribution in [0.5, 0.6) is 0 Å². The van der Waals surface area contributed by atoms with E-state index in [0.717, 1.165) is 50.2 Å². The predicted molar refractivity (Wildman–Crippen MR) is 97.3 cm³/mol. The maximum Gasteiger partial charge on any atom is 0.226 e. The first-order chi connectivity index (χ1) is 10.7. The van der Waals surface area contributed by atoms with Crippen molar-refractivity contribution in [2.45, 2.75) is 51.0 Å². The van der Waals surface area contributed by atoms with Crippen molar-refractivity contribution in [3.8, 4) is 0 Å². The summed E-state index contributed by atoms with van der Waals surface area (Å²) in [7, 11) is 0. The molecule has 3 nitrogen and oxygen atoms in total. The summed E-state index contributed by atoms with van der Waals surface area (Å²) in [4.78, 5) is 12.8. The summed E-state index contributed by atoms with van der Waals surface area (Å²) in [5.41, 5.74) is 0.937. The molecule has 0 spiro atoms. The molecular weight excluding hydrogens is 331 g/mol. The molecule has 1 atom stereocenters. The minimum atomic E-state index is -0.233. The van der Waals surface area contributed by atoms with Crippen LogP contribution in [0.15, 0.2) is 24.3 Å². The quantitative estimate of drug-likeness (QED) is 0.843. The van der Waals surface area contributed by atoms with E-state index in [-0.39, 0.29) is 23.7 Å². The van der Waals surface area contributed by atoms with Crippen LogP contribution in [-0.2, 0) is 11.2 Å². The van der Waals surface area contributed by atoms with Crippen molar-refractivity contribution < 1.29 is 4.79 Å². The largest absolute Gasteiger partial charge is 0.354 e. The maximum absolute atomic E-state index is 12.8. The average molecular weight is 357 g/mol. The Bertz CT molecular complexity index is 524. The molecule has 128 valence electrons. The average Bonchev–Trinajstić information content (AvgIpc) is 3.17. The monoisotopic (exact) mass is 356 g/mol. The zero-order valence-electron chi connectivity index (χ0n) is 13.4. The van der Waals surface area contributed by atoms with Gasteiger partial charge in [-0.05, 0) is 56.3 Å². The summed E-state index contributed by atoms with van der Waals surface area (Å²) in [6.07, 6.45) is 7.46. The molecule has 3 rings (SSSR count). The first kappa shape index (κ1) is 18.6. The van der Waals surface area contributed by atoms with E-state index in [1.54, 1.807) is 0 Å². The van der Waals surface area contributed by atoms with Gasteiger partial charge in [0.1, 0.15) is 0 Å². The topological polar surface area (TPSA) is 41.1 Å². The molecule has 1 aromatic rings. The van der Waals surface area contributed by atoms with Gasteiger partial charge in [-0.25, -0.2) is 0 Å². The summed E-state index contributed by atoms with van der Waals surface area (Å²) in [6, 6.07) is 8.39. The number of hydrogen-bond acceptors (Lipinski definition) is 2. The summed E-state index contributed by atoms with van der Waals surface area (Å²) < 4.78 is 0. The highest BCUT2D eigenvalue weighted by Gasteiger charge is 2.41. The number of carbonyl (C=O) groups is 1. The fourth-order valence-corrected chi connectivity index (χ4v) is 4.12. The van der Waals surface area contributed by atoms with Gasteiger partial charge in [-0.2, -0.15) is 0 Å². The summed E-state index contributed by atoms with van der Waals surface area (Å²) in [5, 5.41) is 7.40. The van der Waals surface area contributed by atoms with E-state index in [0.29, 0.717) is 6.04 Å². The molecule has 0 bridgehead atoms. The molecule has 5 heteroatoms. The number of rotatable bonds is 5. The van der Waals surface area contributed by atoms with Crippen LogP contribution in [0.3, 0.4) is 0 Å². The Hall–Kier alpha value is -0.770. The standard InChI is InChI=1S/C18H25ClN2O.ClH/c19-15-6-3-5-14(11-15)12-18(8-1-2-9-18)17(22)21-13-16-7-4-10-20-16;/h3,5-6,11,16,20H,1-2,4,7-10,12-13H2,(H,21,22);1H. The fraction of sp³-hybridized carbons (Fsp3) is 0.611. The number of hydrogen-bond donors (Lipinski definition) is 2. The van der Waals surface area contributed by atoms with Crippen molar-refractivity contribution in [3.05, 3.63) is 34.9 Å². The lowest BCUT2D eigenvalue weighted by Gasteiger charge is -2.28. The maximum atomic E-state index is 12.8. The van der Waals surface area contributed by atoms with Crippen LogP contribution in [0.1, 0.15) is 44.1 Å². The Labute approximate surface area is 150 Å². The molecule has 1 unspecified atom stereocenters. The van der Waals surface area contributed by atoms with Gasteiger partial charge in [-0.15, -0.1) is 12.4 Å². The second kappa shape index (κ2) is 8.36. The lowest BCUT2D eigenvalue weighted by atomic mass is 9.79. The van der Waals surface area contributed by atoms with E-state index >= 15 is 0 Å². The Kier molecular flexibility index (Phi) is 6.75. The zero-order chi connectivity index (χ0) is 15.4. The fourth-order valence-electron chi connectivity index (χ4n) is 3.91. The second-order valence-corrected chi connectivity index (χ2v) is 7.23. The van der Waals surface area contributed by atoms with E-state index in [1.165, 1.54) is 18.4 Å². The van der Waals surface area contributed by atoms with Gasteiger partial charge in [-0.3, -0.25) is 4.79 Å². The van der Waals surface area contributed by atoms with Crippen LogP contribution in [-0.4, -0.2) is 25.0 Å². The summed E-state index contributed by atoms with van der Waals surface area (Å²) in [6.45, 7) is 1.84. The summed E-state index contributed by atoms with van der Waals surface area (Å²) in [5.74, 6) is 0.235. The van der Waals surface area contributed by atoms with Gasteiger partial charge in [0.25, 0.3) is 0 Å². The van der Waals surface area contributed by atoms with Crippen LogP contribution in [0, 0.1) is 5.41 Å². The van der Waals surface area contributed by atoms with Crippen LogP contribution >= 0.6 is 24.0 Å². The molecule has 23 heavy (non-hydrogen) atoms. The van der Waals surface area contributed by atoms with E-state index < -0.39 is 0 Å². The number of nitrogens with one attached hydrogen (secondary N) is 2. The van der Waals surface area contributed by atoms with Crippen LogP contribution in [0.2, 0.25) is 5.02 Å². The van der Waals surface area contributed by atoms with Crippen molar-refractivity contribution in [1.29, 1.82) is 0 Å². The molecule has 1 amide bonds. The Morgan fingerprint density at radius 1 is 1.30 bits per heavy atom. The number of benzene rings is 1. The van der Waals surface area contributed by atoms with Gasteiger partial charge >= 0.3 is 0 Å². The molecule has 2 aliphatic rings. The highest BCUT2D eigenvalue weighted by molar-refractivity contribution is 6.30. The van der Waals surface area contributed by atoms with E-state index in [2.05, 4.69) is 16.7 Å². The minimum Gasteiger partial charge on any atom is -0.354 e. The number of carbonyl (C=O) groups excluding carboxylic acids is 1. The number of halogens is 2.